The number of hydrogen-bond donors (Lipinski definition) is 2. The van der Waals surface area contributed by atoms with Gasteiger partial charge < -0.3 is 10.8 Å². The molecule has 0 aliphatic heterocycles. The average Bonchev–Trinajstić information content (AvgIpc) is 2.00. The van der Waals surface area contributed by atoms with E-state index >= 15 is 0 Å². The van der Waals surface area contributed by atoms with Crippen molar-refractivity contribution in [3.05, 3.63) is 0 Å². The van der Waals surface area contributed by atoms with Gasteiger partial charge in [0, 0.05) is 6.42 Å². The largest absolute Gasteiger partial charge is 0.480 e. The van der Waals surface area contributed by atoms with Crippen LogP contribution in [-0.2, 0) is 9.59 Å². The van der Waals surface area contributed by atoms with Crippen LogP contribution >= 0.6 is 0 Å². The van der Waals surface area contributed by atoms with Crippen LogP contribution in [0, 0.1) is 11.8 Å². The van der Waals surface area contributed by atoms with Gasteiger partial charge in [-0.2, -0.15) is 0 Å². The minimum atomic E-state index is -1.73. The van der Waals surface area contributed by atoms with Gasteiger partial charge in [-0.05, 0) is 11.8 Å². The predicted molar refractivity (Wildman–Crippen MR) is 53.9 cm³/mol. The molecule has 0 aromatic rings. The summed E-state index contributed by atoms with van der Waals surface area (Å²) in [6.45, 7) is 7.01. The summed E-state index contributed by atoms with van der Waals surface area (Å²) in [6, 6.07) is 0. The predicted octanol–water partition coefficient (Wildman–Crippen LogP) is 1.04. The molecule has 1 unspecified atom stereocenters. The summed E-state index contributed by atoms with van der Waals surface area (Å²) in [5.74, 6) is -1.90. The van der Waals surface area contributed by atoms with Crippen molar-refractivity contribution >= 4 is 11.8 Å². The molecule has 1 atom stereocenters. The zero-order valence-corrected chi connectivity index (χ0v) is 9.20. The molecule has 0 fully saturated rings. The van der Waals surface area contributed by atoms with Gasteiger partial charge in [0.25, 0.3) is 0 Å². The van der Waals surface area contributed by atoms with Crippen LogP contribution in [0.15, 0.2) is 0 Å². The fourth-order valence-corrected chi connectivity index (χ4v) is 1.23. The number of carboxylic acid groups (broad SMARTS) is 1. The van der Waals surface area contributed by atoms with Crippen LogP contribution in [0.25, 0.3) is 0 Å². The van der Waals surface area contributed by atoms with E-state index in [0.29, 0.717) is 0 Å². The monoisotopic (exact) mass is 201 g/mol. The Morgan fingerprint density at radius 1 is 1.29 bits per heavy atom. The first-order valence-electron chi connectivity index (χ1n) is 4.78. The first-order chi connectivity index (χ1) is 6.22. The normalized spacial score (nSPS) is 15.6. The van der Waals surface area contributed by atoms with Crippen LogP contribution in [0.3, 0.4) is 0 Å². The lowest BCUT2D eigenvalue weighted by atomic mass is 9.80. The van der Waals surface area contributed by atoms with E-state index in [0.717, 1.165) is 0 Å². The average molecular weight is 201 g/mol. The second-order valence-electron chi connectivity index (χ2n) is 4.35. The van der Waals surface area contributed by atoms with Crippen molar-refractivity contribution in [1.82, 2.24) is 0 Å². The lowest BCUT2D eigenvalue weighted by molar-refractivity contribution is -0.150. The Morgan fingerprint density at radius 3 is 1.93 bits per heavy atom. The number of Topliss-reactive ketones (excluding diaryl/α,β-unsaturated/α-hetero) is 1. The van der Waals surface area contributed by atoms with Crippen molar-refractivity contribution in [1.29, 1.82) is 0 Å². The standard InChI is InChI=1S/C10H19NO3/c1-6(2)5-8(12)10(11,7(3)4)9(13)14/h6-7H,5,11H2,1-4H3,(H,13,14). The second kappa shape index (κ2) is 4.55. The summed E-state index contributed by atoms with van der Waals surface area (Å²) in [4.78, 5) is 22.6. The van der Waals surface area contributed by atoms with Gasteiger partial charge in [0.05, 0.1) is 0 Å². The number of aliphatic carboxylic acids is 1. The molecule has 0 bridgehead atoms. The molecule has 0 spiro atoms. The third-order valence-corrected chi connectivity index (χ3v) is 2.32. The van der Waals surface area contributed by atoms with Crippen molar-refractivity contribution < 1.29 is 14.7 Å². The summed E-state index contributed by atoms with van der Waals surface area (Å²) < 4.78 is 0. The molecule has 0 aromatic heterocycles. The number of carbonyl (C=O) groups is 2. The Morgan fingerprint density at radius 2 is 1.71 bits per heavy atom. The molecule has 0 saturated heterocycles. The van der Waals surface area contributed by atoms with Crippen molar-refractivity contribution in [3.63, 3.8) is 0 Å². The molecule has 4 nitrogen and oxygen atoms in total. The highest BCUT2D eigenvalue weighted by atomic mass is 16.4. The van der Waals surface area contributed by atoms with Gasteiger partial charge >= 0.3 is 5.97 Å². The maximum atomic E-state index is 11.7. The van der Waals surface area contributed by atoms with Gasteiger partial charge in [-0.1, -0.05) is 27.7 Å². The highest BCUT2D eigenvalue weighted by molar-refractivity contribution is 6.07. The Balaban J connectivity index is 4.84. The minimum absolute atomic E-state index is 0.128. The van der Waals surface area contributed by atoms with Crippen molar-refractivity contribution in [3.8, 4) is 0 Å². The van der Waals surface area contributed by atoms with E-state index in [1.165, 1.54) is 0 Å². The van der Waals surface area contributed by atoms with E-state index in [-0.39, 0.29) is 12.3 Å². The molecular weight excluding hydrogens is 182 g/mol. The third kappa shape index (κ3) is 2.54. The first kappa shape index (κ1) is 13.1. The fraction of sp³-hybridized carbons (Fsp3) is 0.800. The summed E-state index contributed by atoms with van der Waals surface area (Å²) in [7, 11) is 0. The van der Waals surface area contributed by atoms with Gasteiger partial charge in [-0.15, -0.1) is 0 Å². The Hall–Kier alpha value is -0.900. The van der Waals surface area contributed by atoms with Gasteiger partial charge in [-0.25, -0.2) is 4.79 Å². The lowest BCUT2D eigenvalue weighted by Crippen LogP contribution is -2.59. The van der Waals surface area contributed by atoms with E-state index in [9.17, 15) is 9.59 Å². The third-order valence-electron chi connectivity index (χ3n) is 2.32. The van der Waals surface area contributed by atoms with E-state index in [1.807, 2.05) is 13.8 Å². The van der Waals surface area contributed by atoms with E-state index in [4.69, 9.17) is 10.8 Å². The van der Waals surface area contributed by atoms with Crippen molar-refractivity contribution in [2.45, 2.75) is 39.7 Å². The van der Waals surface area contributed by atoms with Gasteiger partial charge in [0.2, 0.25) is 0 Å². The molecule has 0 aliphatic carbocycles. The van der Waals surface area contributed by atoms with Crippen LogP contribution in [0.5, 0.6) is 0 Å². The van der Waals surface area contributed by atoms with E-state index in [2.05, 4.69) is 0 Å². The molecule has 14 heavy (non-hydrogen) atoms. The molecule has 0 aromatic carbocycles. The molecule has 0 radical (unpaired) electrons. The molecule has 0 heterocycles. The SMILES string of the molecule is CC(C)CC(=O)C(N)(C(=O)O)C(C)C. The zero-order chi connectivity index (χ0) is 11.5. The first-order valence-corrected chi connectivity index (χ1v) is 4.78. The van der Waals surface area contributed by atoms with Crippen LogP contribution < -0.4 is 5.73 Å². The number of carboxylic acids is 1. The molecule has 0 amide bonds. The summed E-state index contributed by atoms with van der Waals surface area (Å²) in [5, 5.41) is 8.94. The Kier molecular flexibility index (Phi) is 4.26. The number of rotatable bonds is 5. The summed E-state index contributed by atoms with van der Waals surface area (Å²) in [5.41, 5.74) is 3.89. The number of hydrogen-bond acceptors (Lipinski definition) is 3. The van der Waals surface area contributed by atoms with Gasteiger partial charge in [-0.3, -0.25) is 4.79 Å². The number of nitrogens with two attached hydrogens (primary N) is 1. The van der Waals surface area contributed by atoms with Crippen LogP contribution in [0.2, 0.25) is 0 Å². The van der Waals surface area contributed by atoms with E-state index < -0.39 is 23.2 Å². The minimum Gasteiger partial charge on any atom is -0.480 e. The second-order valence-corrected chi connectivity index (χ2v) is 4.35. The number of carbonyl (C=O) groups excluding carboxylic acids is 1. The maximum Gasteiger partial charge on any atom is 0.331 e. The maximum absolute atomic E-state index is 11.7. The molecule has 0 aliphatic rings. The smallest absolute Gasteiger partial charge is 0.331 e. The molecular formula is C10H19NO3. The topological polar surface area (TPSA) is 80.4 Å². The summed E-state index contributed by atoms with van der Waals surface area (Å²) in [6.07, 6.45) is 0.209. The van der Waals surface area contributed by atoms with Crippen molar-refractivity contribution in [2.75, 3.05) is 0 Å². The van der Waals surface area contributed by atoms with Crippen LogP contribution in [0.4, 0.5) is 0 Å². The number of ketones is 1. The van der Waals surface area contributed by atoms with E-state index in [1.54, 1.807) is 13.8 Å². The molecule has 3 N–H and O–H groups in total. The molecule has 0 rings (SSSR count). The quantitative estimate of drug-likeness (QED) is 0.651. The summed E-state index contributed by atoms with van der Waals surface area (Å²) >= 11 is 0. The Labute approximate surface area is 84.5 Å². The van der Waals surface area contributed by atoms with Crippen LogP contribution in [-0.4, -0.2) is 22.4 Å². The Bertz CT molecular complexity index is 236. The molecule has 82 valence electrons. The zero-order valence-electron chi connectivity index (χ0n) is 9.20. The van der Waals surface area contributed by atoms with Gasteiger partial charge in [0.1, 0.15) is 0 Å². The molecule has 4 heteroatoms. The van der Waals surface area contributed by atoms with Crippen LogP contribution in [0.1, 0.15) is 34.1 Å². The van der Waals surface area contributed by atoms with Gasteiger partial charge in [0.15, 0.2) is 11.3 Å². The van der Waals surface area contributed by atoms with Crippen molar-refractivity contribution in [2.24, 2.45) is 17.6 Å². The molecule has 0 saturated carbocycles. The highest BCUT2D eigenvalue weighted by Crippen LogP contribution is 2.19. The highest BCUT2D eigenvalue weighted by Gasteiger charge is 2.44. The lowest BCUT2D eigenvalue weighted by Gasteiger charge is -2.27. The fourth-order valence-electron chi connectivity index (χ4n) is 1.23.